The maximum atomic E-state index is 11.9. The number of nitrogens with zero attached hydrogens (tertiary/aromatic N) is 3. The number of amides is 2. The minimum Gasteiger partial charge on any atom is -0.370 e. The van der Waals surface area contributed by atoms with E-state index in [1.807, 2.05) is 37.3 Å². The van der Waals surface area contributed by atoms with Gasteiger partial charge in [-0.05, 0) is 31.9 Å². The van der Waals surface area contributed by atoms with Gasteiger partial charge in [-0.1, -0.05) is 17.7 Å². The van der Waals surface area contributed by atoms with Gasteiger partial charge >= 0.3 is 6.03 Å². The van der Waals surface area contributed by atoms with Crippen LogP contribution < -0.4 is 20.9 Å². The monoisotopic (exact) mass is 340 g/mol. The van der Waals surface area contributed by atoms with E-state index in [-0.39, 0.29) is 6.03 Å². The number of anilines is 3. The van der Waals surface area contributed by atoms with Crippen LogP contribution in [0.5, 0.6) is 0 Å². The van der Waals surface area contributed by atoms with Crippen LogP contribution in [0.2, 0.25) is 0 Å². The summed E-state index contributed by atoms with van der Waals surface area (Å²) in [7, 11) is 0. The van der Waals surface area contributed by atoms with Crippen molar-refractivity contribution in [3.8, 4) is 0 Å². The van der Waals surface area contributed by atoms with E-state index < -0.39 is 0 Å². The van der Waals surface area contributed by atoms with Gasteiger partial charge in [-0.25, -0.2) is 4.79 Å². The average molecular weight is 340 g/mol. The van der Waals surface area contributed by atoms with E-state index in [4.69, 9.17) is 0 Å². The Morgan fingerprint density at radius 1 is 1.16 bits per heavy atom. The Balaban J connectivity index is 1.40. The van der Waals surface area contributed by atoms with Crippen molar-refractivity contribution in [2.24, 2.45) is 0 Å². The summed E-state index contributed by atoms with van der Waals surface area (Å²) in [4.78, 5) is 14.2. The van der Waals surface area contributed by atoms with Gasteiger partial charge in [0.2, 0.25) is 0 Å². The highest BCUT2D eigenvalue weighted by Gasteiger charge is 2.13. The molecule has 0 aliphatic carbocycles. The van der Waals surface area contributed by atoms with Crippen molar-refractivity contribution < 1.29 is 4.79 Å². The Bertz CT molecular complexity index is 697. The second-order valence-corrected chi connectivity index (χ2v) is 6.17. The lowest BCUT2D eigenvalue weighted by molar-refractivity contribution is 0.252. The van der Waals surface area contributed by atoms with Crippen molar-refractivity contribution in [1.82, 2.24) is 15.5 Å². The molecule has 1 aromatic heterocycles. The predicted molar refractivity (Wildman–Crippen MR) is 100 cm³/mol. The van der Waals surface area contributed by atoms with Gasteiger partial charge in [0.15, 0.2) is 5.82 Å². The molecule has 25 heavy (non-hydrogen) atoms. The van der Waals surface area contributed by atoms with Crippen LogP contribution in [0.15, 0.2) is 36.5 Å². The van der Waals surface area contributed by atoms with E-state index >= 15 is 0 Å². The molecule has 7 nitrogen and oxygen atoms in total. The third kappa shape index (κ3) is 5.07. The fourth-order valence-electron chi connectivity index (χ4n) is 2.77. The highest BCUT2D eigenvalue weighted by Crippen LogP contribution is 2.20. The third-order valence-electron chi connectivity index (χ3n) is 4.14. The first-order valence-corrected chi connectivity index (χ1v) is 8.64. The average Bonchev–Trinajstić information content (AvgIpc) is 3.16. The van der Waals surface area contributed by atoms with Gasteiger partial charge in [-0.15, -0.1) is 5.10 Å². The number of urea groups is 1. The second-order valence-electron chi connectivity index (χ2n) is 6.17. The number of aryl methyl sites for hydroxylation is 1. The van der Waals surface area contributed by atoms with Crippen LogP contribution in [-0.4, -0.2) is 42.4 Å². The Hall–Kier alpha value is -2.83. The molecule has 0 radical (unpaired) electrons. The van der Waals surface area contributed by atoms with Gasteiger partial charge < -0.3 is 20.9 Å². The van der Waals surface area contributed by atoms with Crippen LogP contribution in [0.25, 0.3) is 0 Å². The van der Waals surface area contributed by atoms with Crippen molar-refractivity contribution in [3.63, 3.8) is 0 Å². The molecule has 0 bridgehead atoms. The second kappa shape index (κ2) is 8.32. The number of aromatic nitrogens is 2. The number of nitrogens with one attached hydrogen (secondary N) is 3. The largest absolute Gasteiger partial charge is 0.370 e. The molecule has 1 aliphatic rings. The summed E-state index contributed by atoms with van der Waals surface area (Å²) in [5.74, 6) is 0.727. The summed E-state index contributed by atoms with van der Waals surface area (Å²) in [5, 5.41) is 16.9. The summed E-state index contributed by atoms with van der Waals surface area (Å²) in [5.41, 5.74) is 3.03. The normalized spacial score (nSPS) is 13.6. The van der Waals surface area contributed by atoms with Gasteiger partial charge in [-0.2, -0.15) is 5.10 Å². The number of hydrogen-bond acceptors (Lipinski definition) is 5. The van der Waals surface area contributed by atoms with E-state index in [0.29, 0.717) is 13.1 Å². The summed E-state index contributed by atoms with van der Waals surface area (Å²) >= 11 is 0. The van der Waals surface area contributed by atoms with Crippen molar-refractivity contribution in [2.45, 2.75) is 19.8 Å². The van der Waals surface area contributed by atoms with Crippen LogP contribution >= 0.6 is 0 Å². The van der Waals surface area contributed by atoms with Crippen LogP contribution in [0.3, 0.4) is 0 Å². The quantitative estimate of drug-likeness (QED) is 0.704. The van der Waals surface area contributed by atoms with Crippen LogP contribution in [0.1, 0.15) is 18.4 Å². The Morgan fingerprint density at radius 3 is 2.68 bits per heavy atom. The fourth-order valence-corrected chi connectivity index (χ4v) is 2.77. The summed E-state index contributed by atoms with van der Waals surface area (Å²) in [6, 6.07) is 9.47. The summed E-state index contributed by atoms with van der Waals surface area (Å²) in [6.45, 7) is 5.24. The summed E-state index contributed by atoms with van der Waals surface area (Å²) in [6.07, 6.45) is 4.25. The van der Waals surface area contributed by atoms with Gasteiger partial charge in [0.25, 0.3) is 0 Å². The van der Waals surface area contributed by atoms with Crippen LogP contribution in [-0.2, 0) is 0 Å². The first-order chi connectivity index (χ1) is 12.2. The lowest BCUT2D eigenvalue weighted by atomic mass is 10.2. The lowest BCUT2D eigenvalue weighted by Gasteiger charge is -2.17. The molecule has 1 saturated heterocycles. The minimum absolute atomic E-state index is 0.220. The van der Waals surface area contributed by atoms with Gasteiger partial charge in [0.05, 0.1) is 11.9 Å². The number of carbonyl (C=O) groups is 1. The van der Waals surface area contributed by atoms with Gasteiger partial charge in [0, 0.05) is 37.9 Å². The van der Waals surface area contributed by atoms with Crippen molar-refractivity contribution in [1.29, 1.82) is 0 Å². The molecule has 2 amide bonds. The zero-order valence-electron chi connectivity index (χ0n) is 14.5. The first kappa shape index (κ1) is 17.0. The smallest absolute Gasteiger partial charge is 0.319 e. The molecule has 2 heterocycles. The fraction of sp³-hybridized carbons (Fsp3) is 0.389. The zero-order valence-corrected chi connectivity index (χ0v) is 14.5. The molecule has 3 N–H and O–H groups in total. The molecular formula is C18H24N6O. The van der Waals surface area contributed by atoms with Crippen molar-refractivity contribution in [2.75, 3.05) is 41.7 Å². The molecular weight excluding hydrogens is 316 g/mol. The molecule has 0 atom stereocenters. The van der Waals surface area contributed by atoms with E-state index in [1.165, 1.54) is 12.8 Å². The van der Waals surface area contributed by atoms with Gasteiger partial charge in [-0.3, -0.25) is 0 Å². The highest BCUT2D eigenvalue weighted by molar-refractivity contribution is 5.89. The van der Waals surface area contributed by atoms with Crippen LogP contribution in [0, 0.1) is 6.92 Å². The van der Waals surface area contributed by atoms with E-state index in [1.54, 1.807) is 6.20 Å². The zero-order chi connectivity index (χ0) is 17.5. The number of benzene rings is 1. The molecule has 7 heteroatoms. The van der Waals surface area contributed by atoms with Crippen molar-refractivity contribution in [3.05, 3.63) is 42.1 Å². The molecule has 1 aromatic carbocycles. The molecule has 132 valence electrons. The standard InChI is InChI=1S/C18H24N6O/c1-14-4-6-15(7-5-14)22-18(25)20-9-8-19-17-12-16(13-21-23-17)24-10-2-3-11-24/h4-7,12-13H,2-3,8-11H2,1H3,(H,19,23)(H2,20,22,25). The SMILES string of the molecule is Cc1ccc(NC(=O)NCCNc2cc(N3CCCC3)cnn2)cc1. The maximum Gasteiger partial charge on any atom is 0.319 e. The highest BCUT2D eigenvalue weighted by atomic mass is 16.2. The van der Waals surface area contributed by atoms with E-state index in [0.717, 1.165) is 35.8 Å². The maximum absolute atomic E-state index is 11.9. The minimum atomic E-state index is -0.220. The van der Waals surface area contributed by atoms with Crippen molar-refractivity contribution >= 4 is 23.2 Å². The number of carbonyl (C=O) groups excluding carboxylic acids is 1. The molecule has 3 rings (SSSR count). The Kier molecular flexibility index (Phi) is 5.66. The number of hydrogen-bond donors (Lipinski definition) is 3. The molecule has 0 saturated carbocycles. The first-order valence-electron chi connectivity index (χ1n) is 8.64. The molecule has 0 spiro atoms. The lowest BCUT2D eigenvalue weighted by Crippen LogP contribution is -2.32. The molecule has 2 aromatic rings. The van der Waals surface area contributed by atoms with E-state index in [9.17, 15) is 4.79 Å². The third-order valence-corrected chi connectivity index (χ3v) is 4.14. The Labute approximate surface area is 147 Å². The number of rotatable bonds is 6. The van der Waals surface area contributed by atoms with Gasteiger partial charge in [0.1, 0.15) is 0 Å². The topological polar surface area (TPSA) is 82.2 Å². The molecule has 1 fully saturated rings. The summed E-state index contributed by atoms with van der Waals surface area (Å²) < 4.78 is 0. The molecule has 1 aliphatic heterocycles. The predicted octanol–water partition coefficient (Wildman–Crippen LogP) is 2.62. The van der Waals surface area contributed by atoms with Crippen LogP contribution in [0.4, 0.5) is 22.0 Å². The Morgan fingerprint density at radius 2 is 1.92 bits per heavy atom. The molecule has 0 unspecified atom stereocenters. The van der Waals surface area contributed by atoms with E-state index in [2.05, 4.69) is 31.0 Å².